The van der Waals surface area contributed by atoms with Crippen molar-refractivity contribution in [3.8, 4) is 11.5 Å². The molecule has 2 aromatic rings. The van der Waals surface area contributed by atoms with Crippen molar-refractivity contribution in [3.63, 3.8) is 0 Å². The fraction of sp³-hybridized carbons (Fsp3) is 0.409. The second-order valence-electron chi connectivity index (χ2n) is 7.83. The first-order chi connectivity index (χ1) is 14.9. The summed E-state index contributed by atoms with van der Waals surface area (Å²) in [6.07, 6.45) is 1.01. The largest absolute Gasteiger partial charge is 0.486 e. The number of benzene rings is 2. The summed E-state index contributed by atoms with van der Waals surface area (Å²) in [6, 6.07) is 14.2. The molecule has 9 heteroatoms. The molecule has 0 radical (unpaired) electrons. The third-order valence-corrected chi connectivity index (χ3v) is 7.51. The Kier molecular flexibility index (Phi) is 6.69. The maximum Gasteiger partial charge on any atom is 0.224 e. The summed E-state index contributed by atoms with van der Waals surface area (Å²) in [5.74, 6) is 0.667. The number of carbonyl (C=O) groups excluding carboxylic acids is 1. The average Bonchev–Trinajstić information content (AvgIpc) is 2.77. The molecule has 2 heterocycles. The zero-order valence-electron chi connectivity index (χ0n) is 17.0. The zero-order valence-corrected chi connectivity index (χ0v) is 18.6. The highest BCUT2D eigenvalue weighted by Crippen LogP contribution is 2.30. The van der Waals surface area contributed by atoms with Crippen LogP contribution in [0.4, 0.5) is 0 Å². The number of rotatable bonds is 6. The lowest BCUT2D eigenvalue weighted by molar-refractivity contribution is -0.126. The molecule has 2 aliphatic heterocycles. The van der Waals surface area contributed by atoms with Crippen molar-refractivity contribution in [3.05, 3.63) is 59.1 Å². The maximum atomic E-state index is 12.9. The van der Waals surface area contributed by atoms with Crippen molar-refractivity contribution in [1.82, 2.24) is 9.62 Å². The van der Waals surface area contributed by atoms with Gasteiger partial charge in [0.1, 0.15) is 12.7 Å². The van der Waals surface area contributed by atoms with Gasteiger partial charge in [-0.25, -0.2) is 12.7 Å². The third kappa shape index (κ3) is 5.50. The van der Waals surface area contributed by atoms with Gasteiger partial charge in [-0.1, -0.05) is 35.9 Å². The number of fused-ring (bicyclic) bond motifs is 1. The number of amides is 1. The van der Waals surface area contributed by atoms with Crippen molar-refractivity contribution in [1.29, 1.82) is 0 Å². The van der Waals surface area contributed by atoms with E-state index < -0.39 is 10.0 Å². The SMILES string of the molecule is O=C(NC[C@H]1COc2ccccc2O1)[C@H]1CCCN(S(=O)(=O)Cc2cccc(Cl)c2)C1. The Labute approximate surface area is 187 Å². The van der Waals surface area contributed by atoms with Gasteiger partial charge in [-0.2, -0.15) is 0 Å². The molecular formula is C22H25ClN2O5S. The van der Waals surface area contributed by atoms with Crippen LogP contribution in [0.3, 0.4) is 0 Å². The Bertz CT molecular complexity index is 1050. The Morgan fingerprint density at radius 2 is 1.97 bits per heavy atom. The van der Waals surface area contributed by atoms with E-state index >= 15 is 0 Å². The molecule has 0 bridgehead atoms. The molecule has 1 amide bonds. The van der Waals surface area contributed by atoms with Crippen LogP contribution in [0.1, 0.15) is 18.4 Å². The lowest BCUT2D eigenvalue weighted by atomic mass is 9.99. The quantitative estimate of drug-likeness (QED) is 0.710. The van der Waals surface area contributed by atoms with Crippen LogP contribution < -0.4 is 14.8 Å². The number of para-hydroxylation sites is 2. The van der Waals surface area contributed by atoms with E-state index in [-0.39, 0.29) is 30.2 Å². The summed E-state index contributed by atoms with van der Waals surface area (Å²) in [6.45, 7) is 1.25. The lowest BCUT2D eigenvalue weighted by Gasteiger charge is -2.32. The third-order valence-electron chi connectivity index (χ3n) is 5.46. The van der Waals surface area contributed by atoms with Gasteiger partial charge < -0.3 is 14.8 Å². The molecule has 0 aromatic heterocycles. The Morgan fingerprint density at radius 1 is 1.16 bits per heavy atom. The average molecular weight is 465 g/mol. The molecule has 1 fully saturated rings. The Balaban J connectivity index is 1.31. The van der Waals surface area contributed by atoms with E-state index in [0.717, 1.165) is 0 Å². The van der Waals surface area contributed by atoms with Gasteiger partial charge in [0.15, 0.2) is 11.5 Å². The molecule has 0 saturated carbocycles. The monoisotopic (exact) mass is 464 g/mol. The fourth-order valence-electron chi connectivity index (χ4n) is 3.86. The highest BCUT2D eigenvalue weighted by Gasteiger charge is 2.33. The van der Waals surface area contributed by atoms with Gasteiger partial charge in [-0.15, -0.1) is 0 Å². The van der Waals surface area contributed by atoms with Gasteiger partial charge in [0.05, 0.1) is 18.2 Å². The minimum Gasteiger partial charge on any atom is -0.486 e. The van der Waals surface area contributed by atoms with Gasteiger partial charge in [-0.3, -0.25) is 4.79 Å². The number of hydrogen-bond acceptors (Lipinski definition) is 5. The van der Waals surface area contributed by atoms with Gasteiger partial charge >= 0.3 is 0 Å². The standard InChI is InChI=1S/C22H25ClN2O5S/c23-18-7-3-5-16(11-18)15-31(27,28)25-10-4-6-17(13-25)22(26)24-12-19-14-29-20-8-1-2-9-21(20)30-19/h1-3,5,7-9,11,17,19H,4,6,10,12-15H2,(H,24,26)/t17-,19-/m0/s1. The number of halogens is 1. The van der Waals surface area contributed by atoms with E-state index in [9.17, 15) is 13.2 Å². The number of nitrogens with zero attached hydrogens (tertiary/aromatic N) is 1. The second-order valence-corrected chi connectivity index (χ2v) is 10.2. The molecule has 0 unspecified atom stereocenters. The predicted molar refractivity (Wildman–Crippen MR) is 118 cm³/mol. The molecule has 4 rings (SSSR count). The first-order valence-electron chi connectivity index (χ1n) is 10.3. The fourth-order valence-corrected chi connectivity index (χ4v) is 5.67. The predicted octanol–water partition coefficient (Wildman–Crippen LogP) is 2.84. The van der Waals surface area contributed by atoms with E-state index in [1.54, 1.807) is 24.3 Å². The van der Waals surface area contributed by atoms with Crippen molar-refractivity contribution in [2.24, 2.45) is 5.92 Å². The topological polar surface area (TPSA) is 84.9 Å². The van der Waals surface area contributed by atoms with Crippen molar-refractivity contribution >= 4 is 27.5 Å². The van der Waals surface area contributed by atoms with Gasteiger partial charge in [0, 0.05) is 18.1 Å². The van der Waals surface area contributed by atoms with E-state index in [4.69, 9.17) is 21.1 Å². The summed E-state index contributed by atoms with van der Waals surface area (Å²) in [5.41, 5.74) is 0.633. The molecule has 0 spiro atoms. The number of sulfonamides is 1. The van der Waals surface area contributed by atoms with Crippen molar-refractivity contribution in [2.75, 3.05) is 26.2 Å². The van der Waals surface area contributed by atoms with Crippen molar-refractivity contribution < 1.29 is 22.7 Å². The smallest absolute Gasteiger partial charge is 0.224 e. The molecule has 2 atom stereocenters. The number of nitrogens with one attached hydrogen (secondary N) is 1. The van der Waals surface area contributed by atoms with Crippen molar-refractivity contribution in [2.45, 2.75) is 24.7 Å². The highest BCUT2D eigenvalue weighted by atomic mass is 35.5. The molecule has 7 nitrogen and oxygen atoms in total. The van der Waals surface area contributed by atoms with Gasteiger partial charge in [0.2, 0.25) is 15.9 Å². The minimum absolute atomic E-state index is 0.130. The number of ether oxygens (including phenoxy) is 2. The number of hydrogen-bond donors (Lipinski definition) is 1. The van der Waals surface area contributed by atoms with Crippen LogP contribution in [0.5, 0.6) is 11.5 Å². The van der Waals surface area contributed by atoms with Gasteiger partial charge in [-0.05, 0) is 42.7 Å². The molecule has 2 aliphatic rings. The molecular weight excluding hydrogens is 440 g/mol. The first kappa shape index (κ1) is 21.9. The van der Waals surface area contributed by atoms with Crippen LogP contribution >= 0.6 is 11.6 Å². The van der Waals surface area contributed by atoms with Crippen LogP contribution in [0.15, 0.2) is 48.5 Å². The highest BCUT2D eigenvalue weighted by molar-refractivity contribution is 7.88. The molecule has 1 N–H and O–H groups in total. The summed E-state index contributed by atoms with van der Waals surface area (Å²) in [7, 11) is -3.54. The Hall–Kier alpha value is -2.29. The minimum atomic E-state index is -3.54. The molecule has 0 aliphatic carbocycles. The lowest BCUT2D eigenvalue weighted by Crippen LogP contribution is -2.48. The summed E-state index contributed by atoms with van der Waals surface area (Å²) in [4.78, 5) is 12.7. The van der Waals surface area contributed by atoms with Gasteiger partial charge in [0.25, 0.3) is 0 Å². The van der Waals surface area contributed by atoms with Crippen LogP contribution in [0, 0.1) is 5.92 Å². The molecule has 166 valence electrons. The maximum absolute atomic E-state index is 12.9. The van der Waals surface area contributed by atoms with Crippen LogP contribution in [0.2, 0.25) is 5.02 Å². The molecule has 2 aromatic carbocycles. The van der Waals surface area contributed by atoms with E-state index in [1.807, 2.05) is 24.3 Å². The van der Waals surface area contributed by atoms with E-state index in [2.05, 4.69) is 5.32 Å². The van der Waals surface area contributed by atoms with E-state index in [0.29, 0.717) is 54.6 Å². The summed E-state index contributed by atoms with van der Waals surface area (Å²) in [5, 5.41) is 3.40. The Morgan fingerprint density at radius 3 is 2.77 bits per heavy atom. The summed E-state index contributed by atoms with van der Waals surface area (Å²) >= 11 is 5.97. The molecule has 31 heavy (non-hydrogen) atoms. The number of piperidine rings is 1. The zero-order chi connectivity index (χ0) is 21.8. The van der Waals surface area contributed by atoms with Crippen LogP contribution in [0.25, 0.3) is 0 Å². The summed E-state index contributed by atoms with van der Waals surface area (Å²) < 4.78 is 38.7. The number of carbonyl (C=O) groups is 1. The molecule has 1 saturated heterocycles. The normalized spacial score (nSPS) is 21.5. The van der Waals surface area contributed by atoms with Crippen LogP contribution in [-0.2, 0) is 20.6 Å². The second kappa shape index (κ2) is 9.46. The van der Waals surface area contributed by atoms with Crippen LogP contribution in [-0.4, -0.2) is 51.0 Å². The van der Waals surface area contributed by atoms with E-state index in [1.165, 1.54) is 4.31 Å². The first-order valence-corrected chi connectivity index (χ1v) is 12.3.